The molecule has 0 spiro atoms. The lowest BCUT2D eigenvalue weighted by atomic mass is 10.0. The average molecular weight is 198 g/mol. The minimum atomic E-state index is 0.0686. The van der Waals surface area contributed by atoms with Crippen LogP contribution in [0, 0.1) is 11.8 Å². The summed E-state index contributed by atoms with van der Waals surface area (Å²) in [5, 5.41) is 2.99. The minimum Gasteiger partial charge on any atom is -0.356 e. The fourth-order valence-electron chi connectivity index (χ4n) is 1.86. The van der Waals surface area contributed by atoms with Crippen molar-refractivity contribution < 1.29 is 4.79 Å². The number of nitrogens with one attached hydrogen (secondary N) is 1. The third-order valence-corrected chi connectivity index (χ3v) is 3.23. The topological polar surface area (TPSA) is 55.1 Å². The Labute approximate surface area is 86.4 Å². The Morgan fingerprint density at radius 3 is 2.79 bits per heavy atom. The Hall–Kier alpha value is -0.570. The molecule has 3 heteroatoms. The summed E-state index contributed by atoms with van der Waals surface area (Å²) in [7, 11) is 0. The van der Waals surface area contributed by atoms with Gasteiger partial charge in [-0.25, -0.2) is 0 Å². The Balaban J connectivity index is 2.27. The number of hydrogen-bond acceptors (Lipinski definition) is 2. The van der Waals surface area contributed by atoms with Gasteiger partial charge in [0.1, 0.15) is 0 Å². The highest BCUT2D eigenvalue weighted by Gasteiger charge is 2.29. The monoisotopic (exact) mass is 198 g/mol. The third kappa shape index (κ3) is 2.98. The summed E-state index contributed by atoms with van der Waals surface area (Å²) in [4.78, 5) is 11.7. The van der Waals surface area contributed by atoms with E-state index in [4.69, 9.17) is 5.73 Å². The van der Waals surface area contributed by atoms with Crippen LogP contribution in [0.15, 0.2) is 0 Å². The molecule has 0 aromatic heterocycles. The van der Waals surface area contributed by atoms with Crippen molar-refractivity contribution in [3.05, 3.63) is 0 Å². The van der Waals surface area contributed by atoms with Crippen LogP contribution in [-0.2, 0) is 4.79 Å². The van der Waals surface area contributed by atoms with E-state index < -0.39 is 0 Å². The number of carbonyl (C=O) groups is 1. The van der Waals surface area contributed by atoms with Crippen molar-refractivity contribution in [2.45, 2.75) is 45.6 Å². The molecule has 0 saturated heterocycles. The summed E-state index contributed by atoms with van der Waals surface area (Å²) in [6, 6.07) is 0.0898. The van der Waals surface area contributed by atoms with Crippen LogP contribution in [0.1, 0.15) is 39.5 Å². The summed E-state index contributed by atoms with van der Waals surface area (Å²) >= 11 is 0. The molecule has 3 atom stereocenters. The molecule has 3 nitrogen and oxygen atoms in total. The van der Waals surface area contributed by atoms with E-state index >= 15 is 0 Å². The molecule has 82 valence electrons. The van der Waals surface area contributed by atoms with Gasteiger partial charge in [0.2, 0.25) is 5.91 Å². The molecular weight excluding hydrogens is 176 g/mol. The van der Waals surface area contributed by atoms with Crippen molar-refractivity contribution in [3.63, 3.8) is 0 Å². The normalized spacial score (nSPS) is 28.8. The summed E-state index contributed by atoms with van der Waals surface area (Å²) in [6.07, 6.45) is 4.18. The lowest BCUT2D eigenvalue weighted by Crippen LogP contribution is -2.40. The predicted octanol–water partition coefficient (Wildman–Crippen LogP) is 1.28. The standard InChI is InChI=1S/C11H22N2O/c1-3-8(2)7-13-11(14)9-5-4-6-10(9)12/h8-10H,3-7,12H2,1-2H3,(H,13,14). The van der Waals surface area contributed by atoms with E-state index in [0.29, 0.717) is 5.92 Å². The Bertz CT molecular complexity index is 194. The smallest absolute Gasteiger partial charge is 0.224 e. The summed E-state index contributed by atoms with van der Waals surface area (Å²) in [6.45, 7) is 5.07. The van der Waals surface area contributed by atoms with Crippen molar-refractivity contribution in [1.82, 2.24) is 5.32 Å². The van der Waals surface area contributed by atoms with Gasteiger partial charge in [0.15, 0.2) is 0 Å². The van der Waals surface area contributed by atoms with Crippen LogP contribution >= 0.6 is 0 Å². The molecule has 1 aliphatic carbocycles. The Morgan fingerprint density at radius 2 is 2.29 bits per heavy atom. The molecule has 3 unspecified atom stereocenters. The van der Waals surface area contributed by atoms with Gasteiger partial charge in [-0.15, -0.1) is 0 Å². The van der Waals surface area contributed by atoms with Gasteiger partial charge in [0.05, 0.1) is 5.92 Å². The van der Waals surface area contributed by atoms with Crippen LogP contribution in [0.3, 0.4) is 0 Å². The Kier molecular flexibility index (Phi) is 4.39. The molecule has 1 amide bonds. The first-order chi connectivity index (χ1) is 6.65. The number of hydrogen-bond donors (Lipinski definition) is 2. The van der Waals surface area contributed by atoms with Crippen LogP contribution in [0.5, 0.6) is 0 Å². The van der Waals surface area contributed by atoms with E-state index in [1.54, 1.807) is 0 Å². The van der Waals surface area contributed by atoms with Crippen molar-refractivity contribution in [2.24, 2.45) is 17.6 Å². The molecule has 0 aromatic rings. The minimum absolute atomic E-state index is 0.0686. The van der Waals surface area contributed by atoms with Crippen LogP contribution in [0.2, 0.25) is 0 Å². The summed E-state index contributed by atoms with van der Waals surface area (Å²) in [5.41, 5.74) is 5.86. The highest BCUT2D eigenvalue weighted by atomic mass is 16.1. The summed E-state index contributed by atoms with van der Waals surface area (Å²) in [5.74, 6) is 0.797. The second-order valence-corrected chi connectivity index (χ2v) is 4.46. The largest absolute Gasteiger partial charge is 0.356 e. The average Bonchev–Trinajstić information content (AvgIpc) is 2.60. The maximum Gasteiger partial charge on any atom is 0.224 e. The zero-order valence-corrected chi connectivity index (χ0v) is 9.25. The van der Waals surface area contributed by atoms with Crippen molar-refractivity contribution in [2.75, 3.05) is 6.54 Å². The van der Waals surface area contributed by atoms with E-state index in [9.17, 15) is 4.79 Å². The highest BCUT2D eigenvalue weighted by Crippen LogP contribution is 2.23. The molecule has 0 aromatic carbocycles. The zero-order chi connectivity index (χ0) is 10.6. The first-order valence-electron chi connectivity index (χ1n) is 5.68. The lowest BCUT2D eigenvalue weighted by molar-refractivity contribution is -0.125. The van der Waals surface area contributed by atoms with Crippen LogP contribution < -0.4 is 11.1 Å². The lowest BCUT2D eigenvalue weighted by Gasteiger charge is -2.16. The molecule has 14 heavy (non-hydrogen) atoms. The van der Waals surface area contributed by atoms with Gasteiger partial charge < -0.3 is 11.1 Å². The first kappa shape index (κ1) is 11.5. The van der Waals surface area contributed by atoms with Gasteiger partial charge in [0.25, 0.3) is 0 Å². The van der Waals surface area contributed by atoms with Crippen molar-refractivity contribution >= 4 is 5.91 Å². The highest BCUT2D eigenvalue weighted by molar-refractivity contribution is 5.79. The number of nitrogens with two attached hydrogens (primary N) is 1. The third-order valence-electron chi connectivity index (χ3n) is 3.23. The molecule has 1 aliphatic rings. The zero-order valence-electron chi connectivity index (χ0n) is 9.25. The SMILES string of the molecule is CCC(C)CNC(=O)C1CCCC1N. The quantitative estimate of drug-likeness (QED) is 0.715. The number of rotatable bonds is 4. The maximum absolute atomic E-state index is 11.7. The number of carbonyl (C=O) groups excluding carboxylic acids is 1. The van der Waals surface area contributed by atoms with Gasteiger partial charge >= 0.3 is 0 Å². The second kappa shape index (κ2) is 5.35. The molecule has 0 heterocycles. The van der Waals surface area contributed by atoms with Crippen molar-refractivity contribution in [1.29, 1.82) is 0 Å². The molecule has 0 aliphatic heterocycles. The van der Waals surface area contributed by atoms with Gasteiger partial charge in [0, 0.05) is 12.6 Å². The fourth-order valence-corrected chi connectivity index (χ4v) is 1.86. The Morgan fingerprint density at radius 1 is 1.57 bits per heavy atom. The van der Waals surface area contributed by atoms with E-state index in [2.05, 4.69) is 19.2 Å². The molecule has 0 bridgehead atoms. The summed E-state index contributed by atoms with van der Waals surface area (Å²) < 4.78 is 0. The predicted molar refractivity (Wildman–Crippen MR) is 57.8 cm³/mol. The van der Waals surface area contributed by atoms with Gasteiger partial charge in [-0.2, -0.15) is 0 Å². The van der Waals surface area contributed by atoms with Crippen LogP contribution in [0.4, 0.5) is 0 Å². The number of amides is 1. The van der Waals surface area contributed by atoms with E-state index in [-0.39, 0.29) is 17.9 Å². The van der Waals surface area contributed by atoms with E-state index in [0.717, 1.165) is 32.2 Å². The second-order valence-electron chi connectivity index (χ2n) is 4.46. The molecule has 1 rings (SSSR count). The van der Waals surface area contributed by atoms with Crippen LogP contribution in [0.25, 0.3) is 0 Å². The molecule has 0 radical (unpaired) electrons. The fraction of sp³-hybridized carbons (Fsp3) is 0.909. The molecule has 1 saturated carbocycles. The van der Waals surface area contributed by atoms with Crippen molar-refractivity contribution in [3.8, 4) is 0 Å². The molecule has 3 N–H and O–H groups in total. The first-order valence-corrected chi connectivity index (χ1v) is 5.68. The van der Waals surface area contributed by atoms with Gasteiger partial charge in [-0.1, -0.05) is 26.7 Å². The van der Waals surface area contributed by atoms with Gasteiger partial charge in [-0.05, 0) is 18.8 Å². The molecular formula is C11H22N2O. The van der Waals surface area contributed by atoms with E-state index in [1.807, 2.05) is 0 Å². The molecule has 1 fully saturated rings. The maximum atomic E-state index is 11.7. The van der Waals surface area contributed by atoms with Crippen LogP contribution in [-0.4, -0.2) is 18.5 Å². The van der Waals surface area contributed by atoms with Gasteiger partial charge in [-0.3, -0.25) is 4.79 Å². The van der Waals surface area contributed by atoms with E-state index in [1.165, 1.54) is 0 Å².